The highest BCUT2D eigenvalue weighted by Gasteiger charge is 2.32. The highest BCUT2D eigenvalue weighted by atomic mass is 35.5. The number of hydrogen-bond acceptors (Lipinski definition) is 3. The van der Waals surface area contributed by atoms with Crippen LogP contribution in [0.15, 0.2) is 18.3 Å². The number of rotatable bonds is 3. The fraction of sp³-hybridized carbons (Fsp3) is 0.400. The molecular formula is C10H12ClN3O. The maximum absolute atomic E-state index is 11.0. The summed E-state index contributed by atoms with van der Waals surface area (Å²) in [6.07, 6.45) is 2.52. The zero-order chi connectivity index (χ0) is 10.8. The molecule has 0 bridgehead atoms. The molecule has 1 aromatic rings. The van der Waals surface area contributed by atoms with Gasteiger partial charge in [0.05, 0.1) is 6.04 Å². The highest BCUT2D eigenvalue weighted by molar-refractivity contribution is 6.29. The van der Waals surface area contributed by atoms with Gasteiger partial charge in [-0.05, 0) is 24.1 Å². The van der Waals surface area contributed by atoms with Crippen LogP contribution in [0.5, 0.6) is 0 Å². The molecule has 0 aromatic carbocycles. The van der Waals surface area contributed by atoms with E-state index < -0.39 is 0 Å². The van der Waals surface area contributed by atoms with Crippen molar-refractivity contribution in [1.82, 2.24) is 9.88 Å². The predicted octanol–water partition coefficient (Wildman–Crippen LogP) is 0.795. The number of nitrogens with two attached hydrogens (primary N) is 1. The first-order valence-corrected chi connectivity index (χ1v) is 5.18. The van der Waals surface area contributed by atoms with Crippen LogP contribution in [-0.4, -0.2) is 28.4 Å². The Morgan fingerprint density at radius 3 is 3.07 bits per heavy atom. The molecule has 2 N–H and O–H groups in total. The van der Waals surface area contributed by atoms with Crippen LogP contribution in [0.1, 0.15) is 12.0 Å². The van der Waals surface area contributed by atoms with Crippen LogP contribution in [0, 0.1) is 0 Å². The van der Waals surface area contributed by atoms with Crippen LogP contribution in [0.3, 0.4) is 0 Å². The molecule has 0 radical (unpaired) electrons. The first kappa shape index (κ1) is 10.4. The molecule has 0 aliphatic carbocycles. The largest absolute Gasteiger partial charge is 0.368 e. The lowest BCUT2D eigenvalue weighted by molar-refractivity contribution is -0.127. The van der Waals surface area contributed by atoms with Crippen LogP contribution in [0.25, 0.3) is 0 Å². The van der Waals surface area contributed by atoms with Crippen molar-refractivity contribution in [3.05, 3.63) is 29.0 Å². The Kier molecular flexibility index (Phi) is 2.88. The van der Waals surface area contributed by atoms with E-state index in [4.69, 9.17) is 17.3 Å². The molecule has 1 atom stereocenters. The van der Waals surface area contributed by atoms with Gasteiger partial charge >= 0.3 is 0 Å². The van der Waals surface area contributed by atoms with Crippen molar-refractivity contribution in [1.29, 1.82) is 0 Å². The van der Waals surface area contributed by atoms with E-state index in [2.05, 4.69) is 4.98 Å². The number of carbonyl (C=O) groups is 1. The van der Waals surface area contributed by atoms with Crippen molar-refractivity contribution in [3.8, 4) is 0 Å². The molecule has 5 heteroatoms. The minimum atomic E-state index is -0.249. The number of carbonyl (C=O) groups excluding carboxylic acids is 1. The van der Waals surface area contributed by atoms with Crippen molar-refractivity contribution >= 4 is 17.5 Å². The summed E-state index contributed by atoms with van der Waals surface area (Å²) in [4.78, 5) is 16.9. The first-order chi connectivity index (χ1) is 7.16. The predicted molar refractivity (Wildman–Crippen MR) is 57.3 cm³/mol. The molecule has 1 aliphatic heterocycles. The quantitative estimate of drug-likeness (QED) is 0.774. The van der Waals surface area contributed by atoms with Crippen molar-refractivity contribution < 1.29 is 4.79 Å². The summed E-state index contributed by atoms with van der Waals surface area (Å²) in [5, 5.41) is 0.476. The summed E-state index contributed by atoms with van der Waals surface area (Å²) >= 11 is 5.77. The van der Waals surface area contributed by atoms with Crippen molar-refractivity contribution in [2.45, 2.75) is 19.0 Å². The van der Waals surface area contributed by atoms with Gasteiger partial charge in [-0.1, -0.05) is 11.6 Å². The molecule has 4 nitrogen and oxygen atoms in total. The second-order valence-corrected chi connectivity index (χ2v) is 4.05. The Labute approximate surface area is 93.0 Å². The van der Waals surface area contributed by atoms with Crippen molar-refractivity contribution in [3.63, 3.8) is 0 Å². The maximum atomic E-state index is 11.0. The van der Waals surface area contributed by atoms with Crippen LogP contribution in [0.4, 0.5) is 0 Å². The van der Waals surface area contributed by atoms with Gasteiger partial charge in [-0.3, -0.25) is 9.69 Å². The van der Waals surface area contributed by atoms with E-state index in [1.54, 1.807) is 12.3 Å². The fourth-order valence-electron chi connectivity index (χ4n) is 1.73. The molecule has 0 spiro atoms. The standard InChI is InChI=1S/C10H12ClN3O/c11-9-5-7(1-3-13-9)6-14-4-2-8(14)10(12)15/h1,3,5,8H,2,4,6H2,(H2,12,15). The van der Waals surface area contributed by atoms with E-state index in [0.29, 0.717) is 11.7 Å². The normalized spacial score (nSPS) is 21.0. The number of primary amides is 1. The average Bonchev–Trinajstić information content (AvgIpc) is 2.11. The Morgan fingerprint density at radius 1 is 1.73 bits per heavy atom. The van der Waals surface area contributed by atoms with Crippen LogP contribution in [-0.2, 0) is 11.3 Å². The Balaban J connectivity index is 2.00. The summed E-state index contributed by atoms with van der Waals surface area (Å²) in [6, 6.07) is 3.58. The molecule has 1 fully saturated rings. The second kappa shape index (κ2) is 4.16. The van der Waals surface area contributed by atoms with Gasteiger partial charge in [0, 0.05) is 19.3 Å². The summed E-state index contributed by atoms with van der Waals surface area (Å²) in [6.45, 7) is 1.61. The number of aromatic nitrogens is 1. The summed E-state index contributed by atoms with van der Waals surface area (Å²) in [5.41, 5.74) is 6.31. The highest BCUT2D eigenvalue weighted by Crippen LogP contribution is 2.20. The molecule has 2 heterocycles. The topological polar surface area (TPSA) is 59.2 Å². The lowest BCUT2D eigenvalue weighted by atomic mass is 10.0. The van der Waals surface area contributed by atoms with Gasteiger partial charge in [-0.25, -0.2) is 4.98 Å². The van der Waals surface area contributed by atoms with E-state index >= 15 is 0 Å². The molecule has 2 rings (SSSR count). The Bertz CT molecular complexity index is 383. The number of nitrogens with zero attached hydrogens (tertiary/aromatic N) is 2. The molecule has 1 unspecified atom stereocenters. The molecule has 80 valence electrons. The smallest absolute Gasteiger partial charge is 0.234 e. The summed E-state index contributed by atoms with van der Waals surface area (Å²) in [7, 11) is 0. The molecule has 1 amide bonds. The number of amides is 1. The number of hydrogen-bond donors (Lipinski definition) is 1. The fourth-order valence-corrected chi connectivity index (χ4v) is 1.92. The van der Waals surface area contributed by atoms with Crippen molar-refractivity contribution in [2.24, 2.45) is 5.73 Å². The van der Waals surface area contributed by atoms with Gasteiger partial charge in [0.25, 0.3) is 0 Å². The second-order valence-electron chi connectivity index (χ2n) is 3.66. The third kappa shape index (κ3) is 2.27. The lowest BCUT2D eigenvalue weighted by Gasteiger charge is -2.38. The third-order valence-electron chi connectivity index (χ3n) is 2.64. The zero-order valence-electron chi connectivity index (χ0n) is 8.19. The lowest BCUT2D eigenvalue weighted by Crippen LogP contribution is -2.54. The average molecular weight is 226 g/mol. The van der Waals surface area contributed by atoms with E-state index in [1.807, 2.05) is 11.0 Å². The van der Waals surface area contributed by atoms with Gasteiger partial charge in [0.1, 0.15) is 5.15 Å². The van der Waals surface area contributed by atoms with Gasteiger partial charge in [0.15, 0.2) is 0 Å². The molecule has 1 aliphatic rings. The SMILES string of the molecule is NC(=O)C1CCN1Cc1ccnc(Cl)c1. The molecule has 1 aromatic heterocycles. The zero-order valence-corrected chi connectivity index (χ0v) is 8.94. The maximum Gasteiger partial charge on any atom is 0.234 e. The van der Waals surface area contributed by atoms with Crippen LogP contribution < -0.4 is 5.73 Å². The van der Waals surface area contributed by atoms with Gasteiger partial charge in [-0.2, -0.15) is 0 Å². The van der Waals surface area contributed by atoms with Crippen LogP contribution >= 0.6 is 11.6 Å². The minimum absolute atomic E-state index is 0.114. The van der Waals surface area contributed by atoms with E-state index in [9.17, 15) is 4.79 Å². The molecule has 1 saturated heterocycles. The van der Waals surface area contributed by atoms with E-state index in [-0.39, 0.29) is 11.9 Å². The molecular weight excluding hydrogens is 214 g/mol. The molecule has 15 heavy (non-hydrogen) atoms. The minimum Gasteiger partial charge on any atom is -0.368 e. The third-order valence-corrected chi connectivity index (χ3v) is 2.84. The van der Waals surface area contributed by atoms with E-state index in [0.717, 1.165) is 18.5 Å². The number of halogens is 1. The van der Waals surface area contributed by atoms with Crippen molar-refractivity contribution in [2.75, 3.05) is 6.54 Å². The van der Waals surface area contributed by atoms with Gasteiger partial charge < -0.3 is 5.73 Å². The summed E-state index contributed by atoms with van der Waals surface area (Å²) in [5.74, 6) is -0.249. The van der Waals surface area contributed by atoms with Crippen LogP contribution in [0.2, 0.25) is 5.15 Å². The van der Waals surface area contributed by atoms with E-state index in [1.165, 1.54) is 0 Å². The van der Waals surface area contributed by atoms with Gasteiger partial charge in [-0.15, -0.1) is 0 Å². The first-order valence-electron chi connectivity index (χ1n) is 4.80. The Morgan fingerprint density at radius 2 is 2.53 bits per heavy atom. The molecule has 0 saturated carbocycles. The summed E-state index contributed by atoms with van der Waals surface area (Å²) < 4.78 is 0. The number of likely N-dealkylation sites (tertiary alicyclic amines) is 1. The Hall–Kier alpha value is -1.13. The van der Waals surface area contributed by atoms with Gasteiger partial charge in [0.2, 0.25) is 5.91 Å². The monoisotopic (exact) mass is 225 g/mol. The number of pyridine rings is 1.